The first-order chi connectivity index (χ1) is 8.58. The zero-order chi connectivity index (χ0) is 13.1. The predicted molar refractivity (Wildman–Crippen MR) is 65.6 cm³/mol. The van der Waals surface area contributed by atoms with E-state index < -0.39 is 5.97 Å². The highest BCUT2D eigenvalue weighted by atomic mass is 16.4. The third kappa shape index (κ3) is 2.51. The number of amides is 1. The maximum absolute atomic E-state index is 11.8. The number of carbonyl (C=O) groups excluding carboxylic acids is 1. The molecule has 0 saturated heterocycles. The highest BCUT2D eigenvalue weighted by Crippen LogP contribution is 2.24. The van der Waals surface area contributed by atoms with Crippen LogP contribution in [0.1, 0.15) is 23.2 Å². The Morgan fingerprint density at radius 2 is 1.89 bits per heavy atom. The van der Waals surface area contributed by atoms with Gasteiger partial charge in [-0.3, -0.25) is 4.79 Å². The molecule has 3 N–H and O–H groups in total. The van der Waals surface area contributed by atoms with Crippen molar-refractivity contribution < 1.29 is 19.8 Å². The van der Waals surface area contributed by atoms with Crippen molar-refractivity contribution in [2.75, 3.05) is 5.32 Å². The van der Waals surface area contributed by atoms with Gasteiger partial charge >= 0.3 is 5.97 Å². The summed E-state index contributed by atoms with van der Waals surface area (Å²) in [6, 6.07) is 3.98. The molecule has 94 valence electrons. The minimum atomic E-state index is -1.23. The second kappa shape index (κ2) is 4.91. The Balaban J connectivity index is 2.12. The van der Waals surface area contributed by atoms with E-state index in [2.05, 4.69) is 5.32 Å². The van der Waals surface area contributed by atoms with E-state index in [1.54, 1.807) is 0 Å². The van der Waals surface area contributed by atoms with Crippen molar-refractivity contribution >= 4 is 17.6 Å². The number of benzene rings is 1. The SMILES string of the molecule is O=C(O)c1cc(NC(=O)C2CC=CC2)ccc1O. The molecule has 2 rings (SSSR count). The van der Waals surface area contributed by atoms with Gasteiger partial charge in [-0.05, 0) is 31.0 Å². The van der Waals surface area contributed by atoms with Crippen LogP contribution in [-0.2, 0) is 4.79 Å². The number of carbonyl (C=O) groups is 2. The lowest BCUT2D eigenvalue weighted by Gasteiger charge is -2.11. The number of carboxylic acids is 1. The van der Waals surface area contributed by atoms with Crippen LogP contribution in [0.25, 0.3) is 0 Å². The average molecular weight is 247 g/mol. The molecule has 0 saturated carbocycles. The minimum absolute atomic E-state index is 0.0907. The average Bonchev–Trinajstić information content (AvgIpc) is 2.85. The van der Waals surface area contributed by atoms with E-state index in [1.165, 1.54) is 18.2 Å². The molecular weight excluding hydrogens is 234 g/mol. The summed E-state index contributed by atoms with van der Waals surface area (Å²) in [5, 5.41) is 20.9. The van der Waals surface area contributed by atoms with Crippen LogP contribution in [0.2, 0.25) is 0 Å². The largest absolute Gasteiger partial charge is 0.507 e. The summed E-state index contributed by atoms with van der Waals surface area (Å²) in [7, 11) is 0. The van der Waals surface area contributed by atoms with Gasteiger partial charge in [-0.2, -0.15) is 0 Å². The highest BCUT2D eigenvalue weighted by Gasteiger charge is 2.19. The highest BCUT2D eigenvalue weighted by molar-refractivity contribution is 5.96. The molecule has 1 aromatic rings. The van der Waals surface area contributed by atoms with Gasteiger partial charge in [0.1, 0.15) is 11.3 Å². The first kappa shape index (κ1) is 12.2. The molecule has 18 heavy (non-hydrogen) atoms. The topological polar surface area (TPSA) is 86.6 Å². The van der Waals surface area contributed by atoms with Crippen LogP contribution in [0, 0.1) is 5.92 Å². The maximum Gasteiger partial charge on any atom is 0.339 e. The summed E-state index contributed by atoms with van der Waals surface area (Å²) in [5.41, 5.74) is 0.152. The van der Waals surface area contributed by atoms with E-state index in [0.29, 0.717) is 18.5 Å². The molecule has 1 aliphatic carbocycles. The Bertz CT molecular complexity index is 514. The summed E-state index contributed by atoms with van der Waals surface area (Å²) in [6.07, 6.45) is 5.30. The van der Waals surface area contributed by atoms with Crippen LogP contribution in [0.3, 0.4) is 0 Å². The van der Waals surface area contributed by atoms with Gasteiger partial charge in [0.05, 0.1) is 0 Å². The first-order valence-electron chi connectivity index (χ1n) is 5.60. The van der Waals surface area contributed by atoms with Crippen LogP contribution in [0.4, 0.5) is 5.69 Å². The lowest BCUT2D eigenvalue weighted by molar-refractivity contribution is -0.119. The number of anilines is 1. The van der Waals surface area contributed by atoms with Crippen molar-refractivity contribution in [3.8, 4) is 5.75 Å². The normalized spacial score (nSPS) is 14.7. The van der Waals surface area contributed by atoms with Crippen LogP contribution < -0.4 is 5.32 Å². The van der Waals surface area contributed by atoms with Gasteiger partial charge in [-0.25, -0.2) is 4.79 Å². The van der Waals surface area contributed by atoms with E-state index in [1.807, 2.05) is 12.2 Å². The predicted octanol–water partition coefficient (Wildman–Crippen LogP) is 2.00. The Morgan fingerprint density at radius 1 is 1.22 bits per heavy atom. The fourth-order valence-corrected chi connectivity index (χ4v) is 1.86. The van der Waals surface area contributed by atoms with Crippen LogP contribution >= 0.6 is 0 Å². The number of phenols is 1. The van der Waals surface area contributed by atoms with E-state index in [-0.39, 0.29) is 23.1 Å². The van der Waals surface area contributed by atoms with Crippen LogP contribution in [0.15, 0.2) is 30.4 Å². The molecule has 0 spiro atoms. The minimum Gasteiger partial charge on any atom is -0.507 e. The second-order valence-electron chi connectivity index (χ2n) is 4.17. The molecule has 1 aromatic carbocycles. The Hall–Kier alpha value is -2.30. The molecule has 0 aromatic heterocycles. The molecule has 0 aliphatic heterocycles. The molecule has 0 unspecified atom stereocenters. The van der Waals surface area contributed by atoms with E-state index in [0.717, 1.165) is 0 Å². The van der Waals surface area contributed by atoms with Gasteiger partial charge in [0.2, 0.25) is 5.91 Å². The van der Waals surface area contributed by atoms with Crippen molar-refractivity contribution in [3.63, 3.8) is 0 Å². The standard InChI is InChI=1S/C13H13NO4/c15-11-6-5-9(7-10(11)13(17)18)14-12(16)8-3-1-2-4-8/h1-2,5-8,15H,3-4H2,(H,14,16)(H,17,18). The molecule has 0 fully saturated rings. The molecule has 0 heterocycles. The molecule has 5 nitrogen and oxygen atoms in total. The van der Waals surface area contributed by atoms with Gasteiger partial charge in [0.25, 0.3) is 0 Å². The van der Waals surface area contributed by atoms with Crippen molar-refractivity contribution in [1.29, 1.82) is 0 Å². The zero-order valence-electron chi connectivity index (χ0n) is 9.59. The van der Waals surface area contributed by atoms with Gasteiger partial charge in [-0.15, -0.1) is 0 Å². The number of aromatic carboxylic acids is 1. The first-order valence-corrected chi connectivity index (χ1v) is 5.60. The molecule has 0 radical (unpaired) electrons. The Labute approximate surface area is 104 Å². The number of nitrogens with one attached hydrogen (secondary N) is 1. The molecular formula is C13H13NO4. The fraction of sp³-hybridized carbons (Fsp3) is 0.231. The number of carboxylic acid groups (broad SMARTS) is 1. The summed E-state index contributed by atoms with van der Waals surface area (Å²) in [6.45, 7) is 0. The molecule has 1 aliphatic rings. The molecule has 5 heteroatoms. The van der Waals surface area contributed by atoms with Gasteiger partial charge in [0.15, 0.2) is 0 Å². The Morgan fingerprint density at radius 3 is 2.50 bits per heavy atom. The number of hydrogen-bond acceptors (Lipinski definition) is 3. The molecule has 0 bridgehead atoms. The third-order valence-corrected chi connectivity index (χ3v) is 2.87. The van der Waals surface area contributed by atoms with E-state index in [9.17, 15) is 14.7 Å². The summed E-state index contributed by atoms with van der Waals surface area (Å²) < 4.78 is 0. The van der Waals surface area contributed by atoms with E-state index in [4.69, 9.17) is 5.11 Å². The van der Waals surface area contributed by atoms with Crippen molar-refractivity contribution in [1.82, 2.24) is 0 Å². The summed E-state index contributed by atoms with van der Waals surface area (Å²) >= 11 is 0. The number of rotatable bonds is 3. The fourth-order valence-electron chi connectivity index (χ4n) is 1.86. The second-order valence-corrected chi connectivity index (χ2v) is 4.17. The smallest absolute Gasteiger partial charge is 0.339 e. The lowest BCUT2D eigenvalue weighted by atomic mass is 10.1. The van der Waals surface area contributed by atoms with Gasteiger partial charge in [0, 0.05) is 11.6 Å². The number of allylic oxidation sites excluding steroid dienone is 2. The van der Waals surface area contributed by atoms with Crippen LogP contribution in [-0.4, -0.2) is 22.1 Å². The van der Waals surface area contributed by atoms with Crippen LogP contribution in [0.5, 0.6) is 5.75 Å². The van der Waals surface area contributed by atoms with Gasteiger partial charge < -0.3 is 15.5 Å². The van der Waals surface area contributed by atoms with Gasteiger partial charge in [-0.1, -0.05) is 12.2 Å². The quantitative estimate of drug-likeness (QED) is 0.563. The Kier molecular flexibility index (Phi) is 3.32. The summed E-state index contributed by atoms with van der Waals surface area (Å²) in [5.74, 6) is -1.77. The maximum atomic E-state index is 11.8. The summed E-state index contributed by atoms with van der Waals surface area (Å²) in [4.78, 5) is 22.7. The number of hydrogen-bond donors (Lipinski definition) is 3. The molecule has 1 amide bonds. The van der Waals surface area contributed by atoms with Crippen molar-refractivity contribution in [2.24, 2.45) is 5.92 Å². The zero-order valence-corrected chi connectivity index (χ0v) is 9.59. The van der Waals surface area contributed by atoms with E-state index >= 15 is 0 Å². The van der Waals surface area contributed by atoms with Crippen molar-refractivity contribution in [3.05, 3.63) is 35.9 Å². The lowest BCUT2D eigenvalue weighted by Crippen LogP contribution is -2.20. The molecule has 0 atom stereocenters. The number of aromatic hydroxyl groups is 1. The van der Waals surface area contributed by atoms with Crippen molar-refractivity contribution in [2.45, 2.75) is 12.8 Å². The third-order valence-electron chi connectivity index (χ3n) is 2.87. The monoisotopic (exact) mass is 247 g/mol.